The summed E-state index contributed by atoms with van der Waals surface area (Å²) in [5.41, 5.74) is 4.88. The molecule has 0 aliphatic carbocycles. The first-order valence-corrected chi connectivity index (χ1v) is 14.2. The number of piperidine rings is 1. The number of rotatable bonds is 3. The molecule has 1 aromatic carbocycles. The van der Waals surface area contributed by atoms with Gasteiger partial charge in [0.1, 0.15) is 0 Å². The monoisotopic (exact) mass is 560 g/mol. The van der Waals surface area contributed by atoms with Gasteiger partial charge in [0.15, 0.2) is 0 Å². The van der Waals surface area contributed by atoms with Gasteiger partial charge in [-0.1, -0.05) is 24.9 Å². The van der Waals surface area contributed by atoms with Crippen LogP contribution in [0.4, 0.5) is 8.78 Å². The van der Waals surface area contributed by atoms with Crippen LogP contribution in [-0.2, 0) is 0 Å². The number of alkyl halides is 2. The quantitative estimate of drug-likeness (QED) is 0.363. The van der Waals surface area contributed by atoms with Gasteiger partial charge in [-0.15, -0.1) is 0 Å². The number of hydrogen-bond acceptors (Lipinski definition) is 7. The second kappa shape index (κ2) is 11.2. The molecular formula is C27H35ClF2N8O. The fraction of sp³-hybridized carbons (Fsp3) is 0.593. The molecule has 9 nitrogen and oxygen atoms in total. The summed E-state index contributed by atoms with van der Waals surface area (Å²) in [6, 6.07) is 4.67. The van der Waals surface area contributed by atoms with E-state index in [1.807, 2.05) is 0 Å². The standard InChI is InChI=1S/C27H35ClF2N8O/c1-15-3-2-4-24(22-7-16(5-6-31-22)26-23(32-11-15)13-35-38(26)27(29)30)37-14-33-20(10-25(37)39)18-8-17(28)9-21-19(18)12-34-36-21/h8-10,12,14-16,22-24,26-27,31-32,35H,2-7,11,13H2,1H3,(H,34,36)/t15-,16?,22?,23?,24+,26?/m1/s1. The number of aromatic amines is 1. The highest BCUT2D eigenvalue weighted by molar-refractivity contribution is 6.31. The van der Waals surface area contributed by atoms with Crippen LogP contribution in [0.15, 0.2) is 35.5 Å². The predicted molar refractivity (Wildman–Crippen MR) is 147 cm³/mol. The van der Waals surface area contributed by atoms with Crippen LogP contribution in [0, 0.1) is 11.8 Å². The summed E-state index contributed by atoms with van der Waals surface area (Å²) in [5.74, 6) is 0.468. The summed E-state index contributed by atoms with van der Waals surface area (Å²) in [6.45, 7) is 1.64. The summed E-state index contributed by atoms with van der Waals surface area (Å²) in [7, 11) is 0. The molecule has 4 N–H and O–H groups in total. The Hall–Kier alpha value is -2.44. The third-order valence-electron chi connectivity index (χ3n) is 8.78. The first-order chi connectivity index (χ1) is 18.9. The lowest BCUT2D eigenvalue weighted by Gasteiger charge is -2.42. The maximum atomic E-state index is 14.0. The van der Waals surface area contributed by atoms with Crippen molar-refractivity contribution < 1.29 is 8.78 Å². The molecule has 6 atom stereocenters. The average molecular weight is 561 g/mol. The lowest BCUT2D eigenvalue weighted by Crippen LogP contribution is -2.56. The van der Waals surface area contributed by atoms with Crippen molar-refractivity contribution in [2.75, 3.05) is 19.6 Å². The minimum atomic E-state index is -2.57. The van der Waals surface area contributed by atoms with Crippen LogP contribution in [0.3, 0.4) is 0 Å². The number of fused-ring (bicyclic) bond motifs is 5. The Morgan fingerprint density at radius 1 is 1.10 bits per heavy atom. The molecule has 12 heteroatoms. The Morgan fingerprint density at radius 3 is 2.79 bits per heavy atom. The van der Waals surface area contributed by atoms with Crippen LogP contribution in [0.5, 0.6) is 0 Å². The van der Waals surface area contributed by atoms with E-state index in [2.05, 4.69) is 33.2 Å². The number of nitrogens with one attached hydrogen (secondary N) is 4. The number of H-pyrrole nitrogens is 1. The van der Waals surface area contributed by atoms with Crippen molar-refractivity contribution in [1.29, 1.82) is 0 Å². The lowest BCUT2D eigenvalue weighted by molar-refractivity contribution is -0.0841. The van der Waals surface area contributed by atoms with Crippen LogP contribution in [0.2, 0.25) is 5.02 Å². The number of halogens is 3. The van der Waals surface area contributed by atoms with Crippen LogP contribution in [0.1, 0.15) is 45.1 Å². The first-order valence-electron chi connectivity index (χ1n) is 13.9. The van der Waals surface area contributed by atoms with E-state index in [0.717, 1.165) is 60.2 Å². The highest BCUT2D eigenvalue weighted by Crippen LogP contribution is 2.35. The third kappa shape index (κ3) is 5.35. The Morgan fingerprint density at radius 2 is 1.97 bits per heavy atom. The molecule has 3 aliphatic rings. The maximum absolute atomic E-state index is 14.0. The molecule has 210 valence electrons. The van der Waals surface area contributed by atoms with Gasteiger partial charge in [0.2, 0.25) is 0 Å². The normalized spacial score (nSPS) is 30.7. The molecule has 2 aromatic heterocycles. The summed E-state index contributed by atoms with van der Waals surface area (Å²) in [6.07, 6.45) is 7.64. The fourth-order valence-corrected chi connectivity index (χ4v) is 7.07. The van der Waals surface area contributed by atoms with Crippen molar-refractivity contribution in [2.45, 2.75) is 69.7 Å². The van der Waals surface area contributed by atoms with Gasteiger partial charge in [-0.05, 0) is 62.7 Å². The Bertz CT molecular complexity index is 1370. The van der Waals surface area contributed by atoms with Crippen LogP contribution < -0.4 is 21.6 Å². The molecule has 5 heterocycles. The molecule has 0 spiro atoms. The van der Waals surface area contributed by atoms with E-state index in [1.54, 1.807) is 35.3 Å². The van der Waals surface area contributed by atoms with Gasteiger partial charge in [0.05, 0.1) is 29.8 Å². The third-order valence-corrected chi connectivity index (χ3v) is 9.00. The van der Waals surface area contributed by atoms with Crippen LogP contribution in [0.25, 0.3) is 22.2 Å². The number of hydrogen-bond donors (Lipinski definition) is 4. The highest BCUT2D eigenvalue weighted by atomic mass is 35.5. The second-order valence-electron chi connectivity index (χ2n) is 11.3. The molecule has 0 saturated carbocycles. The van der Waals surface area contributed by atoms with Gasteiger partial charge < -0.3 is 10.6 Å². The second-order valence-corrected chi connectivity index (χ2v) is 11.7. The highest BCUT2D eigenvalue weighted by Gasteiger charge is 2.45. The van der Waals surface area contributed by atoms with Crippen LogP contribution >= 0.6 is 11.6 Å². The molecule has 3 aromatic rings. The average Bonchev–Trinajstić information content (AvgIpc) is 3.56. The zero-order valence-electron chi connectivity index (χ0n) is 21.9. The number of benzene rings is 1. The topological polar surface area (TPSA) is 103 Å². The molecule has 3 fully saturated rings. The van der Waals surface area contributed by atoms with E-state index >= 15 is 0 Å². The lowest BCUT2D eigenvalue weighted by atomic mass is 9.79. The van der Waals surface area contributed by atoms with E-state index < -0.39 is 6.55 Å². The molecule has 0 radical (unpaired) electrons. The zero-order chi connectivity index (χ0) is 27.1. The Kier molecular flexibility index (Phi) is 7.69. The van der Waals surface area contributed by atoms with Crippen molar-refractivity contribution in [3.63, 3.8) is 0 Å². The summed E-state index contributed by atoms with van der Waals surface area (Å²) >= 11 is 6.32. The van der Waals surface area contributed by atoms with E-state index in [-0.39, 0.29) is 35.6 Å². The molecule has 0 amide bonds. The Labute approximate surface area is 230 Å². The van der Waals surface area contributed by atoms with Gasteiger partial charge in [0, 0.05) is 46.7 Å². The Balaban J connectivity index is 1.33. The number of nitrogens with zero attached hydrogens (tertiary/aromatic N) is 4. The van der Waals surface area contributed by atoms with E-state index in [1.165, 1.54) is 0 Å². The number of hydrazine groups is 1. The molecule has 2 bridgehead atoms. The molecule has 6 rings (SSSR count). The van der Waals surface area contributed by atoms with E-state index in [4.69, 9.17) is 16.6 Å². The SMILES string of the molecule is C[C@@H]1CCC[C@H](n2cnc(-c3cc(Cl)cc4[nH]ncc34)cc2=O)C2CC(CCN2)C2C(CNN2C(F)F)NC1. The maximum Gasteiger partial charge on any atom is 0.307 e. The van der Waals surface area contributed by atoms with Gasteiger partial charge in [0.25, 0.3) is 5.56 Å². The molecule has 3 saturated heterocycles. The van der Waals surface area contributed by atoms with Crippen molar-refractivity contribution in [1.82, 2.24) is 40.8 Å². The number of aromatic nitrogens is 4. The van der Waals surface area contributed by atoms with E-state index in [9.17, 15) is 13.6 Å². The minimum absolute atomic E-state index is 0.0173. The molecule has 4 unspecified atom stereocenters. The van der Waals surface area contributed by atoms with Crippen molar-refractivity contribution in [3.05, 3.63) is 46.1 Å². The summed E-state index contributed by atoms with van der Waals surface area (Å²) < 4.78 is 29.7. The minimum Gasteiger partial charge on any atom is -0.312 e. The predicted octanol–water partition coefficient (Wildman–Crippen LogP) is 3.54. The van der Waals surface area contributed by atoms with Crippen molar-refractivity contribution in [3.8, 4) is 11.3 Å². The smallest absolute Gasteiger partial charge is 0.307 e. The first kappa shape index (κ1) is 26.8. The van der Waals surface area contributed by atoms with Crippen molar-refractivity contribution >= 4 is 22.5 Å². The van der Waals surface area contributed by atoms with E-state index in [0.29, 0.717) is 29.6 Å². The van der Waals surface area contributed by atoms with Gasteiger partial charge in [-0.25, -0.2) is 10.4 Å². The van der Waals surface area contributed by atoms with Gasteiger partial charge in [-0.2, -0.15) is 18.9 Å². The molecule has 3 aliphatic heterocycles. The largest absolute Gasteiger partial charge is 0.312 e. The van der Waals surface area contributed by atoms with Crippen LogP contribution in [-0.4, -0.2) is 69.1 Å². The summed E-state index contributed by atoms with van der Waals surface area (Å²) in [4.78, 5) is 18.3. The fourth-order valence-electron chi connectivity index (χ4n) is 6.85. The van der Waals surface area contributed by atoms with Crippen molar-refractivity contribution in [2.24, 2.45) is 11.8 Å². The van der Waals surface area contributed by atoms with Gasteiger partial charge in [-0.3, -0.25) is 14.5 Å². The van der Waals surface area contributed by atoms with Gasteiger partial charge >= 0.3 is 6.55 Å². The summed E-state index contributed by atoms with van der Waals surface area (Å²) in [5, 5.41) is 16.8. The zero-order valence-corrected chi connectivity index (χ0v) is 22.7. The molecular weight excluding hydrogens is 526 g/mol. The molecule has 39 heavy (non-hydrogen) atoms.